The van der Waals surface area contributed by atoms with Crippen LogP contribution in [0.1, 0.15) is 40.0 Å². The minimum atomic E-state index is -0.0499. The summed E-state index contributed by atoms with van der Waals surface area (Å²) in [7, 11) is 0. The van der Waals surface area contributed by atoms with Crippen molar-refractivity contribution in [2.75, 3.05) is 0 Å². The summed E-state index contributed by atoms with van der Waals surface area (Å²) in [6.45, 7) is 5.93. The lowest BCUT2D eigenvalue weighted by molar-refractivity contribution is -0.115. The number of allylic oxidation sites excluding steroid dienone is 1. The predicted octanol–water partition coefficient (Wildman–Crippen LogP) is 2.00. The lowest BCUT2D eigenvalue weighted by Gasteiger charge is -1.96. The lowest BCUT2D eigenvalue weighted by atomic mass is 10.2. The van der Waals surface area contributed by atoms with Crippen LogP contribution in [0.5, 0.6) is 0 Å². The van der Waals surface area contributed by atoms with E-state index < -0.39 is 0 Å². The van der Waals surface area contributed by atoms with Crippen LogP contribution in [-0.2, 0) is 4.79 Å². The van der Waals surface area contributed by atoms with E-state index in [1.807, 2.05) is 13.8 Å². The van der Waals surface area contributed by atoms with Gasteiger partial charge in [-0.05, 0) is 25.8 Å². The standard InChI is InChI=1S/C10H16N2O/c1-4-5-6-8-11-9(7(2)3)10(13)12-8/h4-6H2,1-3H3,(H,11,12,13). The molecule has 0 aromatic carbocycles. The van der Waals surface area contributed by atoms with Gasteiger partial charge < -0.3 is 5.32 Å². The lowest BCUT2D eigenvalue weighted by Crippen LogP contribution is -2.23. The molecule has 1 amide bonds. The molecule has 1 aliphatic heterocycles. The third-order valence-corrected chi connectivity index (χ3v) is 1.96. The third kappa shape index (κ3) is 2.41. The van der Waals surface area contributed by atoms with Gasteiger partial charge in [0.1, 0.15) is 11.5 Å². The summed E-state index contributed by atoms with van der Waals surface area (Å²) in [5.74, 6) is 0.772. The van der Waals surface area contributed by atoms with E-state index in [0.717, 1.165) is 30.7 Å². The Morgan fingerprint density at radius 2 is 2.15 bits per heavy atom. The van der Waals surface area contributed by atoms with Crippen molar-refractivity contribution in [2.45, 2.75) is 40.0 Å². The molecule has 0 spiro atoms. The van der Waals surface area contributed by atoms with Crippen LogP contribution in [0.4, 0.5) is 0 Å². The number of unbranched alkanes of at least 4 members (excludes halogenated alkanes) is 1. The first-order valence-electron chi connectivity index (χ1n) is 4.71. The number of nitrogens with zero attached hydrogens (tertiary/aromatic N) is 1. The summed E-state index contributed by atoms with van der Waals surface area (Å²) in [4.78, 5) is 15.5. The van der Waals surface area contributed by atoms with Crippen LogP contribution in [0.15, 0.2) is 16.3 Å². The summed E-state index contributed by atoms with van der Waals surface area (Å²) in [6, 6.07) is 0. The van der Waals surface area contributed by atoms with Gasteiger partial charge in [-0.15, -0.1) is 0 Å². The maximum atomic E-state index is 11.3. The molecule has 72 valence electrons. The molecule has 3 nitrogen and oxygen atoms in total. The molecule has 1 N–H and O–H groups in total. The molecule has 0 saturated carbocycles. The zero-order valence-corrected chi connectivity index (χ0v) is 8.48. The minimum absolute atomic E-state index is 0.0499. The Bertz CT molecular complexity index is 273. The molecular formula is C10H16N2O. The maximum absolute atomic E-state index is 11.3. The van der Waals surface area contributed by atoms with E-state index in [4.69, 9.17) is 0 Å². The maximum Gasteiger partial charge on any atom is 0.275 e. The fraction of sp³-hybridized carbons (Fsp3) is 0.600. The fourth-order valence-corrected chi connectivity index (χ4v) is 1.21. The quantitative estimate of drug-likeness (QED) is 0.663. The number of amidine groups is 1. The van der Waals surface area contributed by atoms with Gasteiger partial charge >= 0.3 is 0 Å². The first-order valence-corrected chi connectivity index (χ1v) is 4.71. The van der Waals surface area contributed by atoms with Crippen molar-refractivity contribution < 1.29 is 4.79 Å². The van der Waals surface area contributed by atoms with E-state index in [-0.39, 0.29) is 5.91 Å². The number of hydrogen-bond acceptors (Lipinski definition) is 2. The van der Waals surface area contributed by atoms with Crippen LogP contribution in [0, 0.1) is 0 Å². The summed E-state index contributed by atoms with van der Waals surface area (Å²) in [5, 5.41) is 2.77. The molecular weight excluding hydrogens is 164 g/mol. The van der Waals surface area contributed by atoms with Crippen LogP contribution in [-0.4, -0.2) is 11.7 Å². The molecule has 3 heteroatoms. The average Bonchev–Trinajstić information content (AvgIpc) is 2.43. The first-order chi connectivity index (χ1) is 6.15. The van der Waals surface area contributed by atoms with Crippen LogP contribution >= 0.6 is 0 Å². The van der Waals surface area contributed by atoms with E-state index in [2.05, 4.69) is 17.2 Å². The largest absolute Gasteiger partial charge is 0.309 e. The van der Waals surface area contributed by atoms with Gasteiger partial charge in [0.15, 0.2) is 0 Å². The monoisotopic (exact) mass is 180 g/mol. The molecule has 0 fully saturated rings. The predicted molar refractivity (Wildman–Crippen MR) is 53.5 cm³/mol. The van der Waals surface area contributed by atoms with E-state index in [9.17, 15) is 4.79 Å². The highest BCUT2D eigenvalue weighted by atomic mass is 16.2. The van der Waals surface area contributed by atoms with Gasteiger partial charge in [-0.3, -0.25) is 4.79 Å². The number of aliphatic imine (C=N–C) groups is 1. The molecule has 1 rings (SSSR count). The van der Waals surface area contributed by atoms with Crippen LogP contribution in [0.25, 0.3) is 0 Å². The van der Waals surface area contributed by atoms with E-state index in [1.165, 1.54) is 0 Å². The Balaban J connectivity index is 2.67. The zero-order valence-electron chi connectivity index (χ0n) is 8.48. The smallest absolute Gasteiger partial charge is 0.275 e. The highest BCUT2D eigenvalue weighted by molar-refractivity contribution is 6.12. The number of hydrogen-bond donors (Lipinski definition) is 1. The molecule has 0 unspecified atom stereocenters. The molecule has 0 aromatic rings. The fourth-order valence-electron chi connectivity index (χ4n) is 1.21. The second-order valence-electron chi connectivity index (χ2n) is 3.46. The highest BCUT2D eigenvalue weighted by Gasteiger charge is 2.19. The molecule has 0 radical (unpaired) electrons. The van der Waals surface area contributed by atoms with E-state index in [0.29, 0.717) is 5.70 Å². The van der Waals surface area contributed by atoms with Gasteiger partial charge in [-0.25, -0.2) is 4.99 Å². The van der Waals surface area contributed by atoms with Gasteiger partial charge in [-0.1, -0.05) is 13.3 Å². The van der Waals surface area contributed by atoms with Gasteiger partial charge in [0, 0.05) is 6.42 Å². The zero-order chi connectivity index (χ0) is 9.84. The van der Waals surface area contributed by atoms with Crippen molar-refractivity contribution in [1.29, 1.82) is 0 Å². The first kappa shape index (κ1) is 9.96. The Labute approximate surface area is 78.9 Å². The van der Waals surface area contributed by atoms with Crippen LogP contribution < -0.4 is 5.32 Å². The minimum Gasteiger partial charge on any atom is -0.309 e. The molecule has 1 heterocycles. The Kier molecular flexibility index (Phi) is 3.23. The molecule has 0 aromatic heterocycles. The molecule has 1 aliphatic rings. The van der Waals surface area contributed by atoms with Crippen LogP contribution in [0.3, 0.4) is 0 Å². The Hall–Kier alpha value is -1.12. The molecule has 0 aliphatic carbocycles. The number of carbonyl (C=O) groups is 1. The van der Waals surface area contributed by atoms with Gasteiger partial charge in [-0.2, -0.15) is 0 Å². The number of rotatable bonds is 3. The number of amides is 1. The van der Waals surface area contributed by atoms with Crippen molar-refractivity contribution in [3.8, 4) is 0 Å². The van der Waals surface area contributed by atoms with Crippen LogP contribution in [0.2, 0.25) is 0 Å². The Morgan fingerprint density at radius 1 is 1.46 bits per heavy atom. The summed E-state index contributed by atoms with van der Waals surface area (Å²) in [5.41, 5.74) is 1.56. The summed E-state index contributed by atoms with van der Waals surface area (Å²) < 4.78 is 0. The van der Waals surface area contributed by atoms with E-state index >= 15 is 0 Å². The summed E-state index contributed by atoms with van der Waals surface area (Å²) >= 11 is 0. The number of nitrogens with one attached hydrogen (secondary N) is 1. The van der Waals surface area contributed by atoms with Crippen molar-refractivity contribution in [3.05, 3.63) is 11.3 Å². The third-order valence-electron chi connectivity index (χ3n) is 1.96. The summed E-state index contributed by atoms with van der Waals surface area (Å²) in [6.07, 6.45) is 3.08. The molecule has 0 bridgehead atoms. The van der Waals surface area contributed by atoms with Gasteiger partial charge in [0.05, 0.1) is 0 Å². The molecule has 13 heavy (non-hydrogen) atoms. The second kappa shape index (κ2) is 4.21. The second-order valence-corrected chi connectivity index (χ2v) is 3.46. The van der Waals surface area contributed by atoms with E-state index in [1.54, 1.807) is 0 Å². The Morgan fingerprint density at radius 3 is 2.62 bits per heavy atom. The van der Waals surface area contributed by atoms with Crippen molar-refractivity contribution in [1.82, 2.24) is 5.32 Å². The van der Waals surface area contributed by atoms with Crippen molar-refractivity contribution in [3.63, 3.8) is 0 Å². The normalized spacial score (nSPS) is 15.8. The van der Waals surface area contributed by atoms with Gasteiger partial charge in [0.2, 0.25) is 0 Å². The molecule has 0 atom stereocenters. The highest BCUT2D eigenvalue weighted by Crippen LogP contribution is 2.12. The average molecular weight is 180 g/mol. The van der Waals surface area contributed by atoms with Gasteiger partial charge in [0.25, 0.3) is 5.91 Å². The van der Waals surface area contributed by atoms with Crippen molar-refractivity contribution in [2.24, 2.45) is 4.99 Å². The molecule has 0 saturated heterocycles. The van der Waals surface area contributed by atoms with Crippen molar-refractivity contribution >= 4 is 11.7 Å². The number of carbonyl (C=O) groups excluding carboxylic acids is 1. The topological polar surface area (TPSA) is 41.5 Å². The SMILES string of the molecule is CCCCC1=NC(=C(C)C)C(=O)N1.